The van der Waals surface area contributed by atoms with E-state index in [-0.39, 0.29) is 12.1 Å². The molecule has 15 heavy (non-hydrogen) atoms. The minimum absolute atomic E-state index is 0.208. The third kappa shape index (κ3) is 2.05. The van der Waals surface area contributed by atoms with Crippen LogP contribution < -0.4 is 11.5 Å². The van der Waals surface area contributed by atoms with Gasteiger partial charge in [0.15, 0.2) is 0 Å². The van der Waals surface area contributed by atoms with Gasteiger partial charge in [-0.25, -0.2) is 0 Å². The van der Waals surface area contributed by atoms with Crippen LogP contribution in [0.25, 0.3) is 0 Å². The van der Waals surface area contributed by atoms with E-state index in [1.807, 2.05) is 0 Å². The lowest BCUT2D eigenvalue weighted by Crippen LogP contribution is -2.57. The lowest BCUT2D eigenvalue weighted by Gasteiger charge is -2.43. The molecule has 2 fully saturated rings. The molecule has 1 saturated heterocycles. The first-order valence-electron chi connectivity index (χ1n) is 6.32. The highest BCUT2D eigenvalue weighted by Crippen LogP contribution is 2.36. The maximum Gasteiger partial charge on any atom is 0.0238 e. The van der Waals surface area contributed by atoms with Gasteiger partial charge in [-0.05, 0) is 51.1 Å². The predicted octanol–water partition coefficient (Wildman–Crippen LogP) is 0.781. The van der Waals surface area contributed by atoms with Crippen molar-refractivity contribution in [2.24, 2.45) is 23.3 Å². The second kappa shape index (κ2) is 4.40. The first-order chi connectivity index (χ1) is 7.11. The molecule has 4 N–H and O–H groups in total. The standard InChI is InChI=1S/C12H25N3/c1-8-5-6-9(13)12(14)11(8)10-4-3-7-15(10)2/h8-12H,3-7,13-14H2,1-2H3. The van der Waals surface area contributed by atoms with Gasteiger partial charge in [-0.1, -0.05) is 6.92 Å². The zero-order chi connectivity index (χ0) is 11.0. The van der Waals surface area contributed by atoms with Crippen molar-refractivity contribution in [2.75, 3.05) is 13.6 Å². The van der Waals surface area contributed by atoms with Gasteiger partial charge in [0.05, 0.1) is 0 Å². The van der Waals surface area contributed by atoms with Gasteiger partial charge in [0.2, 0.25) is 0 Å². The normalized spacial score (nSPS) is 48.4. The third-order valence-corrected chi connectivity index (χ3v) is 4.57. The Balaban J connectivity index is 2.10. The van der Waals surface area contributed by atoms with Gasteiger partial charge < -0.3 is 16.4 Å². The van der Waals surface area contributed by atoms with Crippen LogP contribution in [0, 0.1) is 11.8 Å². The van der Waals surface area contributed by atoms with E-state index >= 15 is 0 Å². The average molecular weight is 211 g/mol. The maximum atomic E-state index is 6.30. The molecular weight excluding hydrogens is 186 g/mol. The highest BCUT2D eigenvalue weighted by atomic mass is 15.2. The van der Waals surface area contributed by atoms with Crippen LogP contribution in [0.2, 0.25) is 0 Å². The minimum atomic E-state index is 0.208. The van der Waals surface area contributed by atoms with Gasteiger partial charge in [0.25, 0.3) is 0 Å². The smallest absolute Gasteiger partial charge is 0.0238 e. The van der Waals surface area contributed by atoms with E-state index in [1.165, 1.54) is 25.8 Å². The molecule has 0 bridgehead atoms. The molecule has 2 rings (SSSR count). The van der Waals surface area contributed by atoms with Gasteiger partial charge in [-0.2, -0.15) is 0 Å². The summed E-state index contributed by atoms with van der Waals surface area (Å²) in [6.07, 6.45) is 5.00. The molecule has 2 aliphatic rings. The second-order valence-corrected chi connectivity index (χ2v) is 5.56. The Morgan fingerprint density at radius 1 is 1.13 bits per heavy atom. The fourth-order valence-corrected chi connectivity index (χ4v) is 3.56. The molecule has 1 aliphatic heterocycles. The summed E-state index contributed by atoms with van der Waals surface area (Å²) in [4.78, 5) is 2.49. The minimum Gasteiger partial charge on any atom is -0.326 e. The quantitative estimate of drug-likeness (QED) is 0.674. The number of rotatable bonds is 1. The van der Waals surface area contributed by atoms with Gasteiger partial charge >= 0.3 is 0 Å². The molecule has 1 heterocycles. The summed E-state index contributed by atoms with van der Waals surface area (Å²) in [6, 6.07) is 1.11. The molecule has 3 heteroatoms. The van der Waals surface area contributed by atoms with Crippen molar-refractivity contribution in [3.05, 3.63) is 0 Å². The number of nitrogens with two attached hydrogens (primary N) is 2. The molecule has 1 saturated carbocycles. The van der Waals surface area contributed by atoms with Crippen LogP contribution in [0.3, 0.4) is 0 Å². The van der Waals surface area contributed by atoms with E-state index in [9.17, 15) is 0 Å². The topological polar surface area (TPSA) is 55.3 Å². The summed E-state index contributed by atoms with van der Waals surface area (Å²) >= 11 is 0. The van der Waals surface area contributed by atoms with E-state index in [0.717, 1.165) is 12.3 Å². The fraction of sp³-hybridized carbons (Fsp3) is 1.00. The SMILES string of the molecule is CC1CCC(N)C(N)C1C1CCCN1C. The molecule has 0 radical (unpaired) electrons. The average Bonchev–Trinajstić information content (AvgIpc) is 2.60. The van der Waals surface area contributed by atoms with Gasteiger partial charge in [-0.3, -0.25) is 0 Å². The Bertz CT molecular complexity index is 219. The van der Waals surface area contributed by atoms with Crippen LogP contribution in [-0.2, 0) is 0 Å². The first kappa shape index (κ1) is 11.4. The number of hydrogen-bond acceptors (Lipinski definition) is 3. The van der Waals surface area contributed by atoms with Crippen molar-refractivity contribution >= 4 is 0 Å². The summed E-state index contributed by atoms with van der Waals surface area (Å²) in [7, 11) is 2.23. The monoisotopic (exact) mass is 211 g/mol. The molecule has 1 aliphatic carbocycles. The van der Waals surface area contributed by atoms with Crippen molar-refractivity contribution in [2.45, 2.75) is 50.7 Å². The van der Waals surface area contributed by atoms with E-state index in [2.05, 4.69) is 18.9 Å². The van der Waals surface area contributed by atoms with E-state index < -0.39 is 0 Å². The van der Waals surface area contributed by atoms with Crippen molar-refractivity contribution in [3.63, 3.8) is 0 Å². The molecule has 0 aromatic heterocycles. The molecule has 0 aromatic rings. The molecule has 0 amide bonds. The highest BCUT2D eigenvalue weighted by Gasteiger charge is 2.41. The second-order valence-electron chi connectivity index (χ2n) is 5.56. The summed E-state index contributed by atoms with van der Waals surface area (Å²) in [5.41, 5.74) is 12.4. The lowest BCUT2D eigenvalue weighted by molar-refractivity contribution is 0.104. The number of nitrogens with zero attached hydrogens (tertiary/aromatic N) is 1. The van der Waals surface area contributed by atoms with E-state index in [1.54, 1.807) is 0 Å². The molecule has 3 nitrogen and oxygen atoms in total. The number of hydrogen-bond donors (Lipinski definition) is 2. The van der Waals surface area contributed by atoms with Crippen LogP contribution in [0.1, 0.15) is 32.6 Å². The summed E-state index contributed by atoms with van der Waals surface area (Å²) in [5, 5.41) is 0. The van der Waals surface area contributed by atoms with Gasteiger partial charge in [0.1, 0.15) is 0 Å². The summed E-state index contributed by atoms with van der Waals surface area (Å²) in [6.45, 7) is 3.58. The van der Waals surface area contributed by atoms with Crippen LogP contribution in [0.5, 0.6) is 0 Å². The Kier molecular flexibility index (Phi) is 3.33. The molecule has 5 atom stereocenters. The zero-order valence-corrected chi connectivity index (χ0v) is 10.0. The zero-order valence-electron chi connectivity index (χ0n) is 10.0. The number of likely N-dealkylation sites (tertiary alicyclic amines) is 1. The Labute approximate surface area is 93.2 Å². The molecular formula is C12H25N3. The third-order valence-electron chi connectivity index (χ3n) is 4.57. The van der Waals surface area contributed by atoms with Crippen molar-refractivity contribution in [3.8, 4) is 0 Å². The molecule has 5 unspecified atom stereocenters. The Morgan fingerprint density at radius 2 is 1.87 bits per heavy atom. The molecule has 88 valence electrons. The van der Waals surface area contributed by atoms with Crippen molar-refractivity contribution < 1.29 is 0 Å². The summed E-state index contributed by atoms with van der Waals surface area (Å²) in [5.74, 6) is 1.35. The Morgan fingerprint density at radius 3 is 2.47 bits per heavy atom. The first-order valence-corrected chi connectivity index (χ1v) is 6.32. The summed E-state index contributed by atoms with van der Waals surface area (Å²) < 4.78 is 0. The maximum absolute atomic E-state index is 6.30. The fourth-order valence-electron chi connectivity index (χ4n) is 3.56. The van der Waals surface area contributed by atoms with Crippen LogP contribution >= 0.6 is 0 Å². The van der Waals surface area contributed by atoms with Crippen LogP contribution in [0.15, 0.2) is 0 Å². The van der Waals surface area contributed by atoms with E-state index in [0.29, 0.717) is 12.0 Å². The van der Waals surface area contributed by atoms with Crippen LogP contribution in [0.4, 0.5) is 0 Å². The predicted molar refractivity (Wildman–Crippen MR) is 63.5 cm³/mol. The van der Waals surface area contributed by atoms with Gasteiger partial charge in [0, 0.05) is 18.1 Å². The molecule has 0 aromatic carbocycles. The Hall–Kier alpha value is -0.120. The molecule has 0 spiro atoms. The highest BCUT2D eigenvalue weighted by molar-refractivity contribution is 4.98. The van der Waals surface area contributed by atoms with Crippen LogP contribution in [-0.4, -0.2) is 36.6 Å². The van der Waals surface area contributed by atoms with E-state index in [4.69, 9.17) is 11.5 Å². The lowest BCUT2D eigenvalue weighted by atomic mass is 9.70. The van der Waals surface area contributed by atoms with Crippen molar-refractivity contribution in [1.82, 2.24) is 4.90 Å². The largest absolute Gasteiger partial charge is 0.326 e. The van der Waals surface area contributed by atoms with Gasteiger partial charge in [-0.15, -0.1) is 0 Å². The van der Waals surface area contributed by atoms with Crippen molar-refractivity contribution in [1.29, 1.82) is 0 Å².